The number of aryl methyl sites for hydroxylation is 2. The molecule has 5 heterocycles. The van der Waals surface area contributed by atoms with E-state index < -0.39 is 5.92 Å². The lowest BCUT2D eigenvalue weighted by molar-refractivity contribution is -0.0221. The van der Waals surface area contributed by atoms with Crippen molar-refractivity contribution in [2.75, 3.05) is 31.2 Å². The summed E-state index contributed by atoms with van der Waals surface area (Å²) in [6.07, 6.45) is 4.75. The number of hydrogen-bond donors (Lipinski definition) is 0. The Morgan fingerprint density at radius 3 is 2.43 bits per heavy atom. The van der Waals surface area contributed by atoms with Gasteiger partial charge in [0.05, 0.1) is 46.0 Å². The van der Waals surface area contributed by atoms with Gasteiger partial charge in [-0.3, -0.25) is 4.98 Å². The summed E-state index contributed by atoms with van der Waals surface area (Å²) < 4.78 is 54.8. The molecule has 6 nitrogen and oxygen atoms in total. The zero-order valence-electron chi connectivity index (χ0n) is 23.9. The molecule has 7 rings (SSSR count). The third-order valence-corrected chi connectivity index (χ3v) is 9.08. The molecule has 0 N–H and O–H groups in total. The second kappa shape index (κ2) is 10.5. The Hall–Kier alpha value is -3.85. The molecule has 2 aromatic carbocycles. The number of pyridine rings is 1. The van der Waals surface area contributed by atoms with Crippen LogP contribution in [-0.2, 0) is 11.8 Å². The van der Waals surface area contributed by atoms with Gasteiger partial charge in [0.1, 0.15) is 0 Å². The number of halogens is 3. The molecular weight excluding hydrogens is 539 g/mol. The average molecular weight is 574 g/mol. The fourth-order valence-corrected chi connectivity index (χ4v) is 6.96. The van der Waals surface area contributed by atoms with E-state index in [0.29, 0.717) is 24.4 Å². The molecule has 0 bridgehead atoms. The second-order valence-electron chi connectivity index (χ2n) is 11.7. The summed E-state index contributed by atoms with van der Waals surface area (Å²) in [6, 6.07) is 15.8. The molecule has 0 unspecified atom stereocenters. The van der Waals surface area contributed by atoms with Crippen molar-refractivity contribution in [3.05, 3.63) is 78.1 Å². The summed E-state index contributed by atoms with van der Waals surface area (Å²) in [7, 11) is 1.96. The maximum absolute atomic E-state index is 17.0. The molecule has 2 aliphatic heterocycles. The molecule has 5 aromatic rings. The van der Waals surface area contributed by atoms with Gasteiger partial charge in [0, 0.05) is 63.3 Å². The Balaban J connectivity index is 1.51. The van der Waals surface area contributed by atoms with E-state index in [-0.39, 0.29) is 43.7 Å². The third kappa shape index (κ3) is 4.54. The van der Waals surface area contributed by atoms with Crippen LogP contribution in [0.1, 0.15) is 43.0 Å². The average Bonchev–Trinajstić information content (AvgIpc) is 3.51. The summed E-state index contributed by atoms with van der Waals surface area (Å²) in [5, 5.41) is 0.717. The van der Waals surface area contributed by atoms with Crippen LogP contribution in [0.15, 0.2) is 61.1 Å². The van der Waals surface area contributed by atoms with Crippen LogP contribution in [-0.4, -0.2) is 51.3 Å². The van der Waals surface area contributed by atoms with Crippen molar-refractivity contribution in [1.82, 2.24) is 19.1 Å². The highest BCUT2D eigenvalue weighted by Crippen LogP contribution is 2.44. The molecule has 2 aliphatic rings. The quantitative estimate of drug-likeness (QED) is 0.222. The van der Waals surface area contributed by atoms with Crippen LogP contribution >= 0.6 is 0 Å². The zero-order valence-corrected chi connectivity index (χ0v) is 23.9. The second-order valence-corrected chi connectivity index (χ2v) is 11.7. The van der Waals surface area contributed by atoms with Crippen LogP contribution in [0.3, 0.4) is 0 Å². The highest BCUT2D eigenvalue weighted by Gasteiger charge is 2.36. The smallest absolute Gasteiger partial charge is 0.251 e. The standard InChI is InChI=1S/C33H34F3N5O/c1-21-30(39(2)20-38-21)24-18-27-29(37-19-24)25-8-9-26(40-14-12-33(35,36)13-15-40)28(34)32(25)41(27)31(22-6-4-3-5-7-22)23-10-16-42-17-11-23/h3-9,18-20,23,31H,10-17H2,1-2H3/t31-/m1/s1. The van der Waals surface area contributed by atoms with Gasteiger partial charge in [0.15, 0.2) is 5.82 Å². The maximum atomic E-state index is 17.0. The Morgan fingerprint density at radius 2 is 1.74 bits per heavy atom. The lowest BCUT2D eigenvalue weighted by atomic mass is 9.86. The number of hydrogen-bond acceptors (Lipinski definition) is 4. The molecule has 0 aliphatic carbocycles. The number of fused-ring (bicyclic) bond motifs is 3. The largest absolute Gasteiger partial charge is 0.381 e. The molecule has 218 valence electrons. The number of ether oxygens (including phenoxy) is 1. The monoisotopic (exact) mass is 573 g/mol. The number of imidazole rings is 1. The molecule has 2 fully saturated rings. The van der Waals surface area contributed by atoms with Gasteiger partial charge in [-0.25, -0.2) is 18.2 Å². The van der Waals surface area contributed by atoms with Gasteiger partial charge in [-0.1, -0.05) is 30.3 Å². The van der Waals surface area contributed by atoms with Crippen molar-refractivity contribution in [3.8, 4) is 11.3 Å². The van der Waals surface area contributed by atoms with Gasteiger partial charge in [-0.05, 0) is 49.4 Å². The Labute approximate surface area is 242 Å². The fourth-order valence-electron chi connectivity index (χ4n) is 6.96. The van der Waals surface area contributed by atoms with Crippen LogP contribution in [0, 0.1) is 18.7 Å². The minimum absolute atomic E-state index is 0.111. The lowest BCUT2D eigenvalue weighted by Gasteiger charge is -2.35. The topological polar surface area (TPSA) is 48.1 Å². The molecule has 9 heteroatoms. The summed E-state index contributed by atoms with van der Waals surface area (Å²) in [5.74, 6) is -2.89. The van der Waals surface area contributed by atoms with Crippen LogP contribution in [0.25, 0.3) is 33.2 Å². The van der Waals surface area contributed by atoms with E-state index in [9.17, 15) is 8.78 Å². The van der Waals surface area contributed by atoms with Crippen molar-refractivity contribution in [1.29, 1.82) is 0 Å². The number of rotatable bonds is 5. The van der Waals surface area contributed by atoms with Gasteiger partial charge in [-0.15, -0.1) is 0 Å². The van der Waals surface area contributed by atoms with E-state index in [0.717, 1.165) is 51.8 Å². The van der Waals surface area contributed by atoms with Crippen LogP contribution in [0.2, 0.25) is 0 Å². The van der Waals surface area contributed by atoms with Gasteiger partial charge in [-0.2, -0.15) is 0 Å². The summed E-state index contributed by atoms with van der Waals surface area (Å²) in [4.78, 5) is 11.2. The van der Waals surface area contributed by atoms with Gasteiger partial charge >= 0.3 is 0 Å². The summed E-state index contributed by atoms with van der Waals surface area (Å²) in [6.45, 7) is 3.49. The predicted molar refractivity (Wildman–Crippen MR) is 159 cm³/mol. The van der Waals surface area contributed by atoms with Gasteiger partial charge in [0.25, 0.3) is 5.92 Å². The minimum Gasteiger partial charge on any atom is -0.381 e. The van der Waals surface area contributed by atoms with E-state index in [4.69, 9.17) is 9.72 Å². The lowest BCUT2D eigenvalue weighted by Crippen LogP contribution is -2.39. The van der Waals surface area contributed by atoms with Crippen molar-refractivity contribution >= 4 is 27.6 Å². The first-order valence-corrected chi connectivity index (χ1v) is 14.7. The highest BCUT2D eigenvalue weighted by molar-refractivity contribution is 6.08. The maximum Gasteiger partial charge on any atom is 0.251 e. The van der Waals surface area contributed by atoms with Gasteiger partial charge < -0.3 is 18.8 Å². The van der Waals surface area contributed by atoms with E-state index in [2.05, 4.69) is 27.8 Å². The van der Waals surface area contributed by atoms with E-state index in [1.807, 2.05) is 49.0 Å². The summed E-state index contributed by atoms with van der Waals surface area (Å²) in [5.41, 5.74) is 6.23. The Kier molecular flexibility index (Phi) is 6.72. The van der Waals surface area contributed by atoms with Gasteiger partial charge in [0.2, 0.25) is 0 Å². The molecule has 2 saturated heterocycles. The molecule has 1 atom stereocenters. The molecule has 0 amide bonds. The fraction of sp³-hybridized carbons (Fsp3) is 0.394. The molecule has 3 aromatic heterocycles. The van der Waals surface area contributed by atoms with Crippen molar-refractivity contribution in [3.63, 3.8) is 0 Å². The number of benzene rings is 2. The number of anilines is 1. The SMILES string of the molecule is Cc1ncn(C)c1-c1cnc2c3ccc(N4CCC(F)(F)CC4)c(F)c3n([C@H](c3ccccc3)C3CCOCC3)c2c1. The van der Waals surface area contributed by atoms with Crippen molar-refractivity contribution < 1.29 is 17.9 Å². The molecule has 0 saturated carbocycles. The first-order valence-electron chi connectivity index (χ1n) is 14.7. The number of nitrogens with zero attached hydrogens (tertiary/aromatic N) is 5. The van der Waals surface area contributed by atoms with E-state index in [1.165, 1.54) is 0 Å². The van der Waals surface area contributed by atoms with E-state index >= 15 is 4.39 Å². The van der Waals surface area contributed by atoms with Crippen LogP contribution in [0.5, 0.6) is 0 Å². The molecule has 0 spiro atoms. The first-order chi connectivity index (χ1) is 20.3. The third-order valence-electron chi connectivity index (χ3n) is 9.08. The van der Waals surface area contributed by atoms with E-state index in [1.54, 1.807) is 17.3 Å². The number of piperidine rings is 1. The van der Waals surface area contributed by atoms with Crippen LogP contribution < -0.4 is 4.90 Å². The van der Waals surface area contributed by atoms with Crippen LogP contribution in [0.4, 0.5) is 18.9 Å². The Morgan fingerprint density at radius 1 is 1.00 bits per heavy atom. The predicted octanol–water partition coefficient (Wildman–Crippen LogP) is 7.29. The van der Waals surface area contributed by atoms with Crippen molar-refractivity contribution in [2.45, 2.75) is 44.6 Å². The normalized spacial score (nSPS) is 18.6. The first kappa shape index (κ1) is 27.0. The Bertz CT molecular complexity index is 1730. The molecular formula is C33H34F3N5O. The minimum atomic E-state index is -2.71. The number of alkyl halides is 2. The summed E-state index contributed by atoms with van der Waals surface area (Å²) >= 11 is 0. The molecule has 0 radical (unpaired) electrons. The number of aromatic nitrogens is 4. The molecule has 42 heavy (non-hydrogen) atoms. The van der Waals surface area contributed by atoms with Crippen molar-refractivity contribution in [2.24, 2.45) is 13.0 Å². The highest BCUT2D eigenvalue weighted by atomic mass is 19.3. The zero-order chi connectivity index (χ0) is 29.0.